The molecule has 0 aliphatic carbocycles. The first kappa shape index (κ1) is 38.6. The van der Waals surface area contributed by atoms with Crippen molar-refractivity contribution in [3.63, 3.8) is 0 Å². The number of rotatable bonds is 32. The van der Waals surface area contributed by atoms with Crippen molar-refractivity contribution >= 4 is 0 Å². The second-order valence-electron chi connectivity index (χ2n) is 13.9. The van der Waals surface area contributed by atoms with Crippen molar-refractivity contribution in [2.24, 2.45) is 0 Å². The third kappa shape index (κ3) is 21.2. The molecule has 0 bridgehead atoms. The van der Waals surface area contributed by atoms with E-state index in [1.54, 1.807) is 0 Å². The molecule has 2 heteroatoms. The van der Waals surface area contributed by atoms with Crippen LogP contribution in [0.5, 0.6) is 0 Å². The lowest BCUT2D eigenvalue weighted by atomic mass is 10.0. The summed E-state index contributed by atoms with van der Waals surface area (Å²) in [6, 6.07) is 10.9. The maximum absolute atomic E-state index is 5.17. The summed E-state index contributed by atoms with van der Waals surface area (Å²) in [6.45, 7) is 5.78. The van der Waals surface area contributed by atoms with Crippen LogP contribution >= 0.6 is 0 Å². The highest BCUT2D eigenvalue weighted by atomic mass is 15.1. The van der Waals surface area contributed by atoms with Gasteiger partial charge in [-0.2, -0.15) is 0 Å². The zero-order chi connectivity index (χ0) is 31.2. The molecule has 0 unspecified atom stereocenters. The van der Waals surface area contributed by atoms with E-state index in [0.29, 0.717) is 0 Å². The van der Waals surface area contributed by atoms with Gasteiger partial charge in [0.1, 0.15) is 5.82 Å². The molecule has 2 aromatic rings. The van der Waals surface area contributed by atoms with Crippen molar-refractivity contribution < 1.29 is 0 Å². The topological polar surface area (TPSA) is 17.8 Å². The molecule has 1 aromatic heterocycles. The van der Waals surface area contributed by atoms with E-state index in [-0.39, 0.29) is 0 Å². The molecule has 2 rings (SSSR count). The monoisotopic (exact) mass is 607 g/mol. The van der Waals surface area contributed by atoms with Crippen LogP contribution in [0.1, 0.15) is 204 Å². The number of aryl methyl sites for hydroxylation is 4. The molecule has 0 fully saturated rings. The first-order valence-corrected chi connectivity index (χ1v) is 19.9. The normalized spacial score (nSPS) is 11.5. The quantitative estimate of drug-likeness (QED) is 0.0757. The van der Waals surface area contributed by atoms with Gasteiger partial charge in [-0.05, 0) is 37.7 Å². The largest absolute Gasteiger partial charge is 0.335 e. The van der Waals surface area contributed by atoms with Crippen molar-refractivity contribution in [1.29, 1.82) is 0 Å². The Labute approximate surface area is 275 Å². The third-order valence-corrected chi connectivity index (χ3v) is 9.66. The van der Waals surface area contributed by atoms with E-state index in [0.717, 1.165) is 25.8 Å². The fourth-order valence-electron chi connectivity index (χ4n) is 6.75. The van der Waals surface area contributed by atoms with Gasteiger partial charge in [0.15, 0.2) is 0 Å². The number of hydrogen-bond acceptors (Lipinski definition) is 1. The molecular formula is C42H74N2. The van der Waals surface area contributed by atoms with E-state index in [4.69, 9.17) is 4.98 Å². The average molecular weight is 607 g/mol. The number of unbranched alkanes of at least 4 members (excludes halogenated alkanes) is 24. The first-order valence-electron chi connectivity index (χ1n) is 19.9. The highest BCUT2D eigenvalue weighted by Gasteiger charge is 2.09. The van der Waals surface area contributed by atoms with Crippen molar-refractivity contribution in [3.8, 4) is 0 Å². The molecule has 0 saturated heterocycles. The zero-order valence-electron chi connectivity index (χ0n) is 29.8. The second-order valence-corrected chi connectivity index (χ2v) is 13.9. The summed E-state index contributed by atoms with van der Waals surface area (Å²) in [5.74, 6) is 1.36. The van der Waals surface area contributed by atoms with Crippen LogP contribution in [0.2, 0.25) is 0 Å². The molecule has 2 nitrogen and oxygen atoms in total. The Balaban J connectivity index is 1.58. The highest BCUT2D eigenvalue weighted by Crippen LogP contribution is 2.17. The molecule has 1 heterocycles. The summed E-state index contributed by atoms with van der Waals surface area (Å²) >= 11 is 0. The molecule has 0 aliphatic heterocycles. The van der Waals surface area contributed by atoms with E-state index in [9.17, 15) is 0 Å². The number of nitrogens with zero attached hydrogens (tertiary/aromatic N) is 2. The number of hydrogen-bond donors (Lipinski definition) is 0. The molecular weight excluding hydrogens is 532 g/mol. The lowest BCUT2D eigenvalue weighted by molar-refractivity contribution is 0.514. The summed E-state index contributed by atoms with van der Waals surface area (Å²) < 4.78 is 2.54. The Morgan fingerprint density at radius 2 is 0.864 bits per heavy atom. The number of benzene rings is 1. The Kier molecular flexibility index (Phi) is 25.3. The van der Waals surface area contributed by atoms with E-state index >= 15 is 0 Å². The summed E-state index contributed by atoms with van der Waals surface area (Å²) in [5, 5.41) is 0. The number of imidazole rings is 1. The maximum Gasteiger partial charge on any atom is 0.108 e. The minimum atomic E-state index is 1.10. The molecule has 0 spiro atoms. The zero-order valence-corrected chi connectivity index (χ0v) is 29.8. The van der Waals surface area contributed by atoms with Crippen molar-refractivity contribution in [2.45, 2.75) is 213 Å². The predicted molar refractivity (Wildman–Crippen MR) is 196 cm³/mol. The van der Waals surface area contributed by atoms with Crippen LogP contribution in [0.25, 0.3) is 0 Å². The van der Waals surface area contributed by atoms with Gasteiger partial charge in [0.05, 0.1) is 5.69 Å². The molecule has 0 atom stereocenters. The van der Waals surface area contributed by atoms with Crippen molar-refractivity contribution in [1.82, 2.24) is 9.55 Å². The van der Waals surface area contributed by atoms with Gasteiger partial charge in [-0.15, -0.1) is 0 Å². The molecule has 1 aromatic carbocycles. The fourth-order valence-corrected chi connectivity index (χ4v) is 6.75. The van der Waals surface area contributed by atoms with Gasteiger partial charge in [0.25, 0.3) is 0 Å². The number of aromatic nitrogens is 2. The average Bonchev–Trinajstić information content (AvgIpc) is 3.43. The summed E-state index contributed by atoms with van der Waals surface area (Å²) in [4.78, 5) is 5.17. The van der Waals surface area contributed by atoms with Gasteiger partial charge < -0.3 is 4.57 Å². The molecule has 252 valence electrons. The fraction of sp³-hybridized carbons (Fsp3) is 0.786. The molecule has 0 amide bonds. The van der Waals surface area contributed by atoms with E-state index in [1.807, 2.05) is 0 Å². The second kappa shape index (κ2) is 28.9. The smallest absolute Gasteiger partial charge is 0.108 e. The minimum Gasteiger partial charge on any atom is -0.335 e. The lowest BCUT2D eigenvalue weighted by Gasteiger charge is -2.08. The minimum absolute atomic E-state index is 1.10. The van der Waals surface area contributed by atoms with E-state index < -0.39 is 0 Å². The van der Waals surface area contributed by atoms with E-state index in [1.165, 1.54) is 190 Å². The summed E-state index contributed by atoms with van der Waals surface area (Å²) in [7, 11) is 0. The van der Waals surface area contributed by atoms with Gasteiger partial charge in [0, 0.05) is 19.2 Å². The van der Waals surface area contributed by atoms with Gasteiger partial charge in [0.2, 0.25) is 0 Å². The molecule has 0 saturated carbocycles. The van der Waals surface area contributed by atoms with E-state index in [2.05, 4.69) is 54.9 Å². The summed E-state index contributed by atoms with van der Waals surface area (Å²) in [6.07, 6.45) is 43.9. The SMILES string of the molecule is CCCCCCCCCCCCCCCCCCn1cc(CCCc2ccccc2)nc1CCCCCCCCCCCC. The summed E-state index contributed by atoms with van der Waals surface area (Å²) in [5.41, 5.74) is 2.77. The van der Waals surface area contributed by atoms with Crippen molar-refractivity contribution in [2.75, 3.05) is 0 Å². The van der Waals surface area contributed by atoms with Crippen LogP contribution in [0.15, 0.2) is 36.5 Å². The van der Waals surface area contributed by atoms with Crippen LogP contribution in [0, 0.1) is 0 Å². The van der Waals surface area contributed by atoms with Crippen LogP contribution in [-0.4, -0.2) is 9.55 Å². The Hall–Kier alpha value is -1.57. The first-order chi connectivity index (χ1) is 21.8. The van der Waals surface area contributed by atoms with Crippen LogP contribution < -0.4 is 0 Å². The Morgan fingerprint density at radius 3 is 1.34 bits per heavy atom. The molecule has 0 radical (unpaired) electrons. The standard InChI is InChI=1S/C42H74N2/c1-3-5-7-9-11-13-15-16-17-18-19-20-22-24-26-31-38-44-39-41(36-32-35-40-33-28-27-29-34-40)43-42(44)37-30-25-23-21-14-12-10-8-6-4-2/h27-29,33-34,39H,3-26,30-32,35-38H2,1-2H3. The third-order valence-electron chi connectivity index (χ3n) is 9.66. The molecule has 44 heavy (non-hydrogen) atoms. The lowest BCUT2D eigenvalue weighted by Crippen LogP contribution is -2.03. The Morgan fingerprint density at radius 1 is 0.432 bits per heavy atom. The van der Waals surface area contributed by atoms with Gasteiger partial charge in [-0.1, -0.05) is 198 Å². The predicted octanol–water partition coefficient (Wildman–Crippen LogP) is 13.8. The molecule has 0 aliphatic rings. The van der Waals surface area contributed by atoms with Gasteiger partial charge in [-0.3, -0.25) is 0 Å². The van der Waals surface area contributed by atoms with Crippen molar-refractivity contribution in [3.05, 3.63) is 53.6 Å². The highest BCUT2D eigenvalue weighted by molar-refractivity contribution is 5.15. The van der Waals surface area contributed by atoms with Crippen LogP contribution in [-0.2, 0) is 25.8 Å². The van der Waals surface area contributed by atoms with Crippen LogP contribution in [0.3, 0.4) is 0 Å². The maximum atomic E-state index is 5.17. The van der Waals surface area contributed by atoms with Gasteiger partial charge >= 0.3 is 0 Å². The Bertz CT molecular complexity index is 854. The molecule has 0 N–H and O–H groups in total. The van der Waals surface area contributed by atoms with Gasteiger partial charge in [-0.25, -0.2) is 4.98 Å². The van der Waals surface area contributed by atoms with Crippen LogP contribution in [0.4, 0.5) is 0 Å².